The Hall–Kier alpha value is -2.04. The van der Waals surface area contributed by atoms with E-state index in [9.17, 15) is 9.59 Å². The molecule has 0 fully saturated rings. The van der Waals surface area contributed by atoms with Gasteiger partial charge in [-0.05, 0) is 38.3 Å². The molecule has 0 aliphatic carbocycles. The highest BCUT2D eigenvalue weighted by Crippen LogP contribution is 2.21. The van der Waals surface area contributed by atoms with Gasteiger partial charge in [-0.15, -0.1) is 0 Å². The number of unbranched alkanes of at least 4 members (excludes halogenated alkanes) is 3. The van der Waals surface area contributed by atoms with Crippen molar-refractivity contribution in [1.29, 1.82) is 0 Å². The van der Waals surface area contributed by atoms with Crippen LogP contribution in [0.4, 0.5) is 10.5 Å². The molecule has 0 aromatic heterocycles. The molecule has 0 atom stereocenters. The molecule has 128 valence electrons. The second-order valence-corrected chi connectivity index (χ2v) is 5.99. The highest BCUT2D eigenvalue weighted by atomic mass is 16.2. The first-order valence-corrected chi connectivity index (χ1v) is 8.33. The maximum Gasteiger partial charge on any atom is 0.315 e. The third-order valence-electron chi connectivity index (χ3n) is 3.67. The van der Waals surface area contributed by atoms with E-state index in [1.807, 2.05) is 32.9 Å². The van der Waals surface area contributed by atoms with E-state index in [0.717, 1.165) is 29.7 Å². The molecule has 0 aliphatic rings. The average Bonchev–Trinajstić information content (AvgIpc) is 2.48. The van der Waals surface area contributed by atoms with Crippen molar-refractivity contribution in [2.24, 2.45) is 0 Å². The lowest BCUT2D eigenvalue weighted by Crippen LogP contribution is -2.40. The maximum absolute atomic E-state index is 12.0. The van der Waals surface area contributed by atoms with Crippen LogP contribution in [0.15, 0.2) is 12.1 Å². The van der Waals surface area contributed by atoms with Gasteiger partial charge in [0.1, 0.15) is 0 Å². The van der Waals surface area contributed by atoms with Gasteiger partial charge in [0, 0.05) is 12.2 Å². The topological polar surface area (TPSA) is 70.2 Å². The van der Waals surface area contributed by atoms with Crippen molar-refractivity contribution in [3.05, 3.63) is 28.8 Å². The number of amides is 3. The molecule has 1 aromatic carbocycles. The first-order valence-electron chi connectivity index (χ1n) is 8.33. The van der Waals surface area contributed by atoms with Gasteiger partial charge in [0.2, 0.25) is 5.91 Å². The van der Waals surface area contributed by atoms with Gasteiger partial charge in [-0.3, -0.25) is 4.79 Å². The zero-order valence-electron chi connectivity index (χ0n) is 14.7. The summed E-state index contributed by atoms with van der Waals surface area (Å²) < 4.78 is 0. The maximum atomic E-state index is 12.0. The van der Waals surface area contributed by atoms with E-state index in [-0.39, 0.29) is 18.5 Å². The summed E-state index contributed by atoms with van der Waals surface area (Å²) >= 11 is 0. The minimum atomic E-state index is -0.297. The Morgan fingerprint density at radius 3 is 2.22 bits per heavy atom. The van der Waals surface area contributed by atoms with Crippen molar-refractivity contribution in [3.63, 3.8) is 0 Å². The quantitative estimate of drug-likeness (QED) is 0.642. The number of anilines is 1. The summed E-state index contributed by atoms with van der Waals surface area (Å²) in [5.74, 6) is -0.221. The zero-order valence-corrected chi connectivity index (χ0v) is 14.7. The lowest BCUT2D eigenvalue weighted by Gasteiger charge is -2.13. The summed E-state index contributed by atoms with van der Waals surface area (Å²) in [5.41, 5.74) is 4.04. The van der Waals surface area contributed by atoms with Gasteiger partial charge in [0.25, 0.3) is 0 Å². The van der Waals surface area contributed by atoms with E-state index in [2.05, 4.69) is 22.9 Å². The van der Waals surface area contributed by atoms with Gasteiger partial charge in [-0.2, -0.15) is 0 Å². The molecular formula is C18H29N3O2. The van der Waals surface area contributed by atoms with Crippen molar-refractivity contribution in [1.82, 2.24) is 10.6 Å². The summed E-state index contributed by atoms with van der Waals surface area (Å²) in [5, 5.41) is 8.21. The summed E-state index contributed by atoms with van der Waals surface area (Å²) in [6, 6.07) is 3.76. The normalized spacial score (nSPS) is 10.3. The summed E-state index contributed by atoms with van der Waals surface area (Å²) in [6.45, 7) is 8.71. The number of hydrogen-bond donors (Lipinski definition) is 3. The van der Waals surface area contributed by atoms with E-state index in [4.69, 9.17) is 0 Å². The van der Waals surface area contributed by atoms with E-state index in [0.29, 0.717) is 6.54 Å². The Morgan fingerprint density at radius 1 is 0.957 bits per heavy atom. The fraction of sp³-hybridized carbons (Fsp3) is 0.556. The van der Waals surface area contributed by atoms with Crippen molar-refractivity contribution in [2.45, 2.75) is 53.4 Å². The molecule has 5 nitrogen and oxygen atoms in total. The number of nitrogens with one attached hydrogen (secondary N) is 3. The molecule has 0 unspecified atom stereocenters. The molecule has 0 saturated heterocycles. The van der Waals surface area contributed by atoms with Gasteiger partial charge in [-0.1, -0.05) is 43.9 Å². The molecule has 3 N–H and O–H groups in total. The summed E-state index contributed by atoms with van der Waals surface area (Å²) in [6.07, 6.45) is 4.43. The molecule has 0 radical (unpaired) electrons. The Bertz CT molecular complexity index is 518. The SMILES string of the molecule is CCCCCCNC(=O)NCC(=O)Nc1c(C)cc(C)cc1C. The van der Waals surface area contributed by atoms with Crippen LogP contribution in [0.2, 0.25) is 0 Å². The summed E-state index contributed by atoms with van der Waals surface area (Å²) in [4.78, 5) is 23.6. The van der Waals surface area contributed by atoms with Crippen LogP contribution in [0.3, 0.4) is 0 Å². The zero-order chi connectivity index (χ0) is 17.2. The van der Waals surface area contributed by atoms with Crippen LogP contribution in [-0.4, -0.2) is 25.0 Å². The number of rotatable bonds is 8. The largest absolute Gasteiger partial charge is 0.338 e. The highest BCUT2D eigenvalue weighted by Gasteiger charge is 2.09. The van der Waals surface area contributed by atoms with E-state index in [1.165, 1.54) is 18.4 Å². The molecule has 0 heterocycles. The fourth-order valence-electron chi connectivity index (χ4n) is 2.54. The molecule has 23 heavy (non-hydrogen) atoms. The number of carbonyl (C=O) groups excluding carboxylic acids is 2. The molecule has 1 rings (SSSR count). The second-order valence-electron chi connectivity index (χ2n) is 5.99. The molecule has 3 amide bonds. The minimum Gasteiger partial charge on any atom is -0.338 e. The number of benzene rings is 1. The Balaban J connectivity index is 2.33. The third-order valence-corrected chi connectivity index (χ3v) is 3.67. The van der Waals surface area contributed by atoms with Crippen LogP contribution in [0.1, 0.15) is 49.3 Å². The van der Waals surface area contributed by atoms with Gasteiger partial charge < -0.3 is 16.0 Å². The number of urea groups is 1. The molecule has 0 saturated carbocycles. The Morgan fingerprint density at radius 2 is 1.61 bits per heavy atom. The van der Waals surface area contributed by atoms with Crippen LogP contribution >= 0.6 is 0 Å². The van der Waals surface area contributed by atoms with Crippen molar-refractivity contribution >= 4 is 17.6 Å². The smallest absolute Gasteiger partial charge is 0.315 e. The second kappa shape index (κ2) is 9.87. The monoisotopic (exact) mass is 319 g/mol. The molecule has 5 heteroatoms. The lowest BCUT2D eigenvalue weighted by molar-refractivity contribution is -0.115. The molecule has 0 spiro atoms. The predicted molar refractivity (Wildman–Crippen MR) is 94.8 cm³/mol. The van der Waals surface area contributed by atoms with Crippen molar-refractivity contribution < 1.29 is 9.59 Å². The number of hydrogen-bond acceptors (Lipinski definition) is 2. The molecule has 0 aliphatic heterocycles. The molecule has 1 aromatic rings. The predicted octanol–water partition coefficient (Wildman–Crippen LogP) is 3.43. The summed E-state index contributed by atoms with van der Waals surface area (Å²) in [7, 11) is 0. The highest BCUT2D eigenvalue weighted by molar-refractivity contribution is 5.95. The van der Waals surface area contributed by atoms with E-state index < -0.39 is 0 Å². The van der Waals surface area contributed by atoms with E-state index >= 15 is 0 Å². The van der Waals surface area contributed by atoms with Gasteiger partial charge in [-0.25, -0.2) is 4.79 Å². The molecule has 0 bridgehead atoms. The Labute approximate surface area is 139 Å². The van der Waals surface area contributed by atoms with Gasteiger partial charge in [0.15, 0.2) is 0 Å². The van der Waals surface area contributed by atoms with Crippen LogP contribution < -0.4 is 16.0 Å². The van der Waals surface area contributed by atoms with Crippen molar-refractivity contribution in [2.75, 3.05) is 18.4 Å². The molecular weight excluding hydrogens is 290 g/mol. The van der Waals surface area contributed by atoms with Crippen LogP contribution in [0.5, 0.6) is 0 Å². The minimum absolute atomic E-state index is 0.0342. The number of carbonyl (C=O) groups is 2. The lowest BCUT2D eigenvalue weighted by atomic mass is 10.1. The van der Waals surface area contributed by atoms with Crippen LogP contribution in [0, 0.1) is 20.8 Å². The van der Waals surface area contributed by atoms with Crippen LogP contribution in [-0.2, 0) is 4.79 Å². The third kappa shape index (κ3) is 7.17. The standard InChI is InChI=1S/C18H29N3O2/c1-5-6-7-8-9-19-18(23)20-12-16(22)21-17-14(3)10-13(2)11-15(17)4/h10-11H,5-9,12H2,1-4H3,(H,21,22)(H2,19,20,23). The average molecular weight is 319 g/mol. The van der Waals surface area contributed by atoms with Crippen LogP contribution in [0.25, 0.3) is 0 Å². The van der Waals surface area contributed by atoms with E-state index in [1.54, 1.807) is 0 Å². The Kier molecular flexibility index (Phi) is 8.16. The number of aryl methyl sites for hydroxylation is 3. The van der Waals surface area contributed by atoms with Gasteiger partial charge >= 0.3 is 6.03 Å². The van der Waals surface area contributed by atoms with Crippen molar-refractivity contribution in [3.8, 4) is 0 Å². The van der Waals surface area contributed by atoms with Gasteiger partial charge in [0.05, 0.1) is 6.54 Å². The fourth-order valence-corrected chi connectivity index (χ4v) is 2.54. The first kappa shape index (κ1) is 19.0. The first-order chi connectivity index (χ1) is 10.9.